The molecule has 1 aliphatic carbocycles. The number of aromatic nitrogens is 1. The van der Waals surface area contributed by atoms with E-state index in [1.165, 1.54) is 36.8 Å². The molecule has 1 heterocycles. The zero-order valence-electron chi connectivity index (χ0n) is 8.49. The molecule has 1 aliphatic rings. The number of allylic oxidation sites excluding steroid dienone is 2. The van der Waals surface area contributed by atoms with Crippen molar-refractivity contribution in [1.82, 2.24) is 4.98 Å². The first-order valence-electron chi connectivity index (χ1n) is 5.09. The summed E-state index contributed by atoms with van der Waals surface area (Å²) in [5, 5.41) is 0. The van der Waals surface area contributed by atoms with Crippen molar-refractivity contribution >= 4 is 5.57 Å². The van der Waals surface area contributed by atoms with E-state index in [9.17, 15) is 0 Å². The average molecular weight is 189 g/mol. The third-order valence-corrected chi connectivity index (χ3v) is 2.61. The van der Waals surface area contributed by atoms with Crippen molar-refractivity contribution in [2.45, 2.75) is 25.7 Å². The van der Waals surface area contributed by atoms with Crippen LogP contribution >= 0.6 is 0 Å². The van der Waals surface area contributed by atoms with Gasteiger partial charge >= 0.3 is 0 Å². The number of nitrogens with zero attached hydrogens (tertiary/aromatic N) is 1. The van der Waals surface area contributed by atoms with Crippen molar-refractivity contribution in [1.29, 1.82) is 0 Å². The van der Waals surface area contributed by atoms with Gasteiger partial charge in [0.1, 0.15) is 0 Å². The van der Waals surface area contributed by atoms with Crippen molar-refractivity contribution < 1.29 is 4.74 Å². The Morgan fingerprint density at radius 1 is 1.29 bits per heavy atom. The fourth-order valence-electron chi connectivity index (χ4n) is 1.79. The molecular weight excluding hydrogens is 174 g/mol. The lowest BCUT2D eigenvalue weighted by atomic mass is 9.95. The van der Waals surface area contributed by atoms with E-state index < -0.39 is 0 Å². The number of hydrogen-bond acceptors (Lipinski definition) is 2. The zero-order chi connectivity index (χ0) is 9.80. The molecule has 0 bridgehead atoms. The molecule has 0 spiro atoms. The minimum absolute atomic E-state index is 0.685. The third kappa shape index (κ3) is 1.95. The molecule has 0 N–H and O–H groups in total. The minimum atomic E-state index is 0.685. The Balaban J connectivity index is 2.19. The number of hydrogen-bond donors (Lipinski definition) is 0. The smallest absolute Gasteiger partial charge is 0.212 e. The summed E-state index contributed by atoms with van der Waals surface area (Å²) in [6.45, 7) is 0. The fraction of sp³-hybridized carbons (Fsp3) is 0.417. The maximum absolute atomic E-state index is 5.03. The van der Waals surface area contributed by atoms with E-state index in [0.717, 1.165) is 0 Å². The van der Waals surface area contributed by atoms with Crippen LogP contribution in [0, 0.1) is 0 Å². The van der Waals surface area contributed by atoms with E-state index in [2.05, 4.69) is 17.1 Å². The summed E-state index contributed by atoms with van der Waals surface area (Å²) in [4.78, 5) is 4.21. The van der Waals surface area contributed by atoms with Crippen LogP contribution in [0.4, 0.5) is 0 Å². The lowest BCUT2D eigenvalue weighted by Gasteiger charge is -2.12. The van der Waals surface area contributed by atoms with Crippen LogP contribution in [0.25, 0.3) is 5.57 Å². The van der Waals surface area contributed by atoms with Gasteiger partial charge in [-0.3, -0.25) is 0 Å². The number of rotatable bonds is 2. The Kier molecular flexibility index (Phi) is 2.82. The van der Waals surface area contributed by atoms with Crippen molar-refractivity contribution in [2.24, 2.45) is 0 Å². The summed E-state index contributed by atoms with van der Waals surface area (Å²) in [5.41, 5.74) is 2.68. The van der Waals surface area contributed by atoms with Crippen LogP contribution in [-0.4, -0.2) is 12.1 Å². The number of ether oxygens (including phenoxy) is 1. The molecule has 2 nitrogen and oxygen atoms in total. The van der Waals surface area contributed by atoms with Crippen molar-refractivity contribution in [3.8, 4) is 5.88 Å². The molecule has 0 saturated heterocycles. The summed E-state index contributed by atoms with van der Waals surface area (Å²) >= 11 is 0. The molecule has 0 unspecified atom stereocenters. The minimum Gasteiger partial charge on any atom is -0.481 e. The topological polar surface area (TPSA) is 22.1 Å². The van der Waals surface area contributed by atoms with Gasteiger partial charge in [-0.2, -0.15) is 0 Å². The molecule has 0 radical (unpaired) electrons. The predicted molar refractivity (Wildman–Crippen MR) is 57.2 cm³/mol. The highest BCUT2D eigenvalue weighted by Crippen LogP contribution is 2.26. The molecule has 2 rings (SSSR count). The van der Waals surface area contributed by atoms with Gasteiger partial charge in [-0.05, 0) is 42.9 Å². The van der Waals surface area contributed by atoms with Crippen molar-refractivity contribution in [3.05, 3.63) is 30.0 Å². The molecule has 0 amide bonds. The fourth-order valence-corrected chi connectivity index (χ4v) is 1.79. The summed E-state index contributed by atoms with van der Waals surface area (Å²) in [6.07, 6.45) is 9.25. The first-order valence-corrected chi connectivity index (χ1v) is 5.09. The molecule has 0 fully saturated rings. The first-order chi connectivity index (χ1) is 6.90. The van der Waals surface area contributed by atoms with Gasteiger partial charge in [0.2, 0.25) is 5.88 Å². The van der Waals surface area contributed by atoms with E-state index in [1.54, 1.807) is 7.11 Å². The van der Waals surface area contributed by atoms with Crippen LogP contribution in [0.1, 0.15) is 31.2 Å². The third-order valence-electron chi connectivity index (χ3n) is 2.61. The highest BCUT2D eigenvalue weighted by atomic mass is 16.5. The second kappa shape index (κ2) is 4.27. The second-order valence-electron chi connectivity index (χ2n) is 3.56. The summed E-state index contributed by atoms with van der Waals surface area (Å²) in [6, 6.07) is 4.01. The Labute approximate surface area is 84.6 Å². The maximum Gasteiger partial charge on any atom is 0.212 e. The molecule has 2 heteroatoms. The average Bonchev–Trinajstić information content (AvgIpc) is 2.30. The van der Waals surface area contributed by atoms with E-state index in [0.29, 0.717) is 5.88 Å². The van der Waals surface area contributed by atoms with Gasteiger partial charge in [0.15, 0.2) is 0 Å². The highest BCUT2D eigenvalue weighted by Gasteiger charge is 2.06. The van der Waals surface area contributed by atoms with Gasteiger partial charge < -0.3 is 4.74 Å². The van der Waals surface area contributed by atoms with E-state index in [-0.39, 0.29) is 0 Å². The van der Waals surface area contributed by atoms with Crippen LogP contribution in [0.5, 0.6) is 5.88 Å². The van der Waals surface area contributed by atoms with Crippen LogP contribution in [0.15, 0.2) is 24.4 Å². The van der Waals surface area contributed by atoms with Crippen molar-refractivity contribution in [2.75, 3.05) is 7.11 Å². The Hall–Kier alpha value is -1.31. The summed E-state index contributed by atoms with van der Waals surface area (Å²) in [5.74, 6) is 0.685. The Morgan fingerprint density at radius 3 is 2.79 bits per heavy atom. The summed E-state index contributed by atoms with van der Waals surface area (Å²) < 4.78 is 5.03. The molecule has 0 atom stereocenters. The van der Waals surface area contributed by atoms with Gasteiger partial charge in [-0.1, -0.05) is 6.08 Å². The normalized spacial score (nSPS) is 16.2. The van der Waals surface area contributed by atoms with Crippen LogP contribution in [-0.2, 0) is 0 Å². The van der Waals surface area contributed by atoms with E-state index >= 15 is 0 Å². The Bertz CT molecular complexity index is 327. The molecule has 1 aromatic rings. The van der Waals surface area contributed by atoms with Crippen LogP contribution in [0.2, 0.25) is 0 Å². The molecule has 14 heavy (non-hydrogen) atoms. The lowest BCUT2D eigenvalue weighted by Crippen LogP contribution is -1.93. The van der Waals surface area contributed by atoms with Gasteiger partial charge in [-0.15, -0.1) is 0 Å². The molecule has 1 aromatic heterocycles. The lowest BCUT2D eigenvalue weighted by molar-refractivity contribution is 0.398. The van der Waals surface area contributed by atoms with Gasteiger partial charge in [0.25, 0.3) is 0 Å². The van der Waals surface area contributed by atoms with E-state index in [4.69, 9.17) is 4.74 Å². The molecular formula is C12H15NO. The Morgan fingerprint density at radius 2 is 2.21 bits per heavy atom. The van der Waals surface area contributed by atoms with Crippen LogP contribution in [0.3, 0.4) is 0 Å². The zero-order valence-corrected chi connectivity index (χ0v) is 8.49. The quantitative estimate of drug-likeness (QED) is 0.713. The summed E-state index contributed by atoms with van der Waals surface area (Å²) in [7, 11) is 1.64. The van der Waals surface area contributed by atoms with Gasteiger partial charge in [-0.25, -0.2) is 4.98 Å². The largest absolute Gasteiger partial charge is 0.481 e. The monoisotopic (exact) mass is 189 g/mol. The first kappa shape index (κ1) is 9.25. The van der Waals surface area contributed by atoms with Gasteiger partial charge in [0, 0.05) is 12.3 Å². The molecule has 0 saturated carbocycles. The second-order valence-corrected chi connectivity index (χ2v) is 3.56. The number of pyridine rings is 1. The standard InChI is InChI=1S/C12H15NO/c1-14-12-8-7-11(9-13-12)10-5-3-2-4-6-10/h5,7-9H,2-4,6H2,1H3. The SMILES string of the molecule is COc1ccc(C2=CCCCC2)cn1. The molecule has 0 aromatic carbocycles. The molecule has 74 valence electrons. The van der Waals surface area contributed by atoms with Crippen molar-refractivity contribution in [3.63, 3.8) is 0 Å². The maximum atomic E-state index is 5.03. The highest BCUT2D eigenvalue weighted by molar-refractivity contribution is 5.65. The number of methoxy groups -OCH3 is 1. The predicted octanol–water partition coefficient (Wildman–Crippen LogP) is 3.05. The van der Waals surface area contributed by atoms with Crippen LogP contribution < -0.4 is 4.74 Å². The van der Waals surface area contributed by atoms with Gasteiger partial charge in [0.05, 0.1) is 7.11 Å². The molecule has 0 aliphatic heterocycles. The van der Waals surface area contributed by atoms with E-state index in [1.807, 2.05) is 12.3 Å².